The van der Waals surface area contributed by atoms with Gasteiger partial charge in [-0.1, -0.05) is 18.2 Å². The van der Waals surface area contributed by atoms with E-state index in [-0.39, 0.29) is 12.5 Å². The summed E-state index contributed by atoms with van der Waals surface area (Å²) in [5.41, 5.74) is 3.18. The first-order valence-corrected chi connectivity index (χ1v) is 9.95. The van der Waals surface area contributed by atoms with E-state index in [0.717, 1.165) is 21.9 Å². The topological polar surface area (TPSA) is 74.0 Å². The number of aliphatic imine (C=N–C) groups is 1. The summed E-state index contributed by atoms with van der Waals surface area (Å²) in [7, 11) is 1.62. The van der Waals surface area contributed by atoms with Crippen molar-refractivity contribution in [1.29, 1.82) is 0 Å². The number of aryl methyl sites for hydroxylation is 1. The number of nitrogens with zero attached hydrogens (tertiary/aromatic N) is 6. The predicted molar refractivity (Wildman–Crippen MR) is 109 cm³/mol. The number of hydrogen-bond donors (Lipinski definition) is 0. The van der Waals surface area contributed by atoms with Crippen LogP contribution in [0.4, 0.5) is 9.18 Å². The Morgan fingerprint density at radius 3 is 2.43 bits per heavy atom. The number of rotatable bonds is 3. The Hall–Kier alpha value is -3.23. The number of aromatic nitrogens is 2. The van der Waals surface area contributed by atoms with E-state index in [2.05, 4.69) is 5.10 Å². The van der Waals surface area contributed by atoms with Gasteiger partial charge in [0.2, 0.25) is 5.96 Å². The first kappa shape index (κ1) is 20.1. The molecule has 30 heavy (non-hydrogen) atoms. The number of fused-ring (bicyclic) bond motifs is 1. The molecule has 0 spiro atoms. The normalized spacial score (nSPS) is 21.4. The molecular formula is C21H25FN6O2. The number of imide groups is 1. The van der Waals surface area contributed by atoms with Crippen molar-refractivity contribution < 1.29 is 14.0 Å². The monoisotopic (exact) mass is 412 g/mol. The van der Waals surface area contributed by atoms with Crippen LogP contribution in [-0.2, 0) is 11.3 Å². The highest BCUT2D eigenvalue weighted by molar-refractivity contribution is 6.04. The number of urea groups is 1. The van der Waals surface area contributed by atoms with Gasteiger partial charge in [0, 0.05) is 24.8 Å². The minimum absolute atomic E-state index is 0.121. The van der Waals surface area contributed by atoms with Gasteiger partial charge in [-0.05, 0) is 39.3 Å². The summed E-state index contributed by atoms with van der Waals surface area (Å²) in [4.78, 5) is 35.5. The molecular weight excluding hydrogens is 387 g/mol. The molecule has 2 unspecified atom stereocenters. The third kappa shape index (κ3) is 2.88. The van der Waals surface area contributed by atoms with Gasteiger partial charge >= 0.3 is 6.03 Å². The summed E-state index contributed by atoms with van der Waals surface area (Å²) in [6.45, 7) is 8.19. The van der Waals surface area contributed by atoms with Gasteiger partial charge in [-0.3, -0.25) is 9.69 Å². The largest absolute Gasteiger partial charge is 0.328 e. The summed E-state index contributed by atoms with van der Waals surface area (Å²) in [5, 5.41) is 4.58. The SMILES string of the molecule is CCN1C(n2nc(C)c(C)c2C)=NC2C1C(=O)N(Cc1ccccc1F)C(=O)N2C. The minimum atomic E-state index is -0.677. The molecule has 1 saturated heterocycles. The van der Waals surface area contributed by atoms with Crippen LogP contribution in [0, 0.1) is 26.6 Å². The van der Waals surface area contributed by atoms with E-state index in [1.807, 2.05) is 32.6 Å². The fourth-order valence-electron chi connectivity index (χ4n) is 4.04. The summed E-state index contributed by atoms with van der Waals surface area (Å²) in [6, 6.07) is 4.99. The van der Waals surface area contributed by atoms with Crippen molar-refractivity contribution in [3.63, 3.8) is 0 Å². The Labute approximate surface area is 174 Å². The van der Waals surface area contributed by atoms with Crippen molar-refractivity contribution in [3.8, 4) is 0 Å². The number of amides is 3. The Balaban J connectivity index is 1.71. The third-order valence-corrected chi connectivity index (χ3v) is 6.04. The first-order chi connectivity index (χ1) is 14.3. The molecule has 0 N–H and O–H groups in total. The molecule has 2 aliphatic heterocycles. The van der Waals surface area contributed by atoms with Gasteiger partial charge < -0.3 is 9.80 Å². The van der Waals surface area contributed by atoms with E-state index in [9.17, 15) is 14.0 Å². The third-order valence-electron chi connectivity index (χ3n) is 6.04. The molecule has 2 aliphatic rings. The van der Waals surface area contributed by atoms with Crippen LogP contribution in [0.25, 0.3) is 0 Å². The second-order valence-corrected chi connectivity index (χ2v) is 7.69. The molecule has 1 aromatic heterocycles. The van der Waals surface area contributed by atoms with Crippen LogP contribution in [0.5, 0.6) is 0 Å². The smallest absolute Gasteiger partial charge is 0.325 e. The predicted octanol–water partition coefficient (Wildman–Crippen LogP) is 2.28. The van der Waals surface area contributed by atoms with Crippen molar-refractivity contribution in [3.05, 3.63) is 52.6 Å². The minimum Gasteiger partial charge on any atom is -0.325 e. The van der Waals surface area contributed by atoms with E-state index in [4.69, 9.17) is 4.99 Å². The van der Waals surface area contributed by atoms with Crippen LogP contribution >= 0.6 is 0 Å². The van der Waals surface area contributed by atoms with Gasteiger partial charge in [0.25, 0.3) is 5.91 Å². The molecule has 3 amide bonds. The lowest BCUT2D eigenvalue weighted by molar-refractivity contribution is -0.138. The lowest BCUT2D eigenvalue weighted by Crippen LogP contribution is -2.64. The highest BCUT2D eigenvalue weighted by Crippen LogP contribution is 2.30. The zero-order valence-corrected chi connectivity index (χ0v) is 17.8. The Bertz CT molecular complexity index is 1060. The van der Waals surface area contributed by atoms with Crippen LogP contribution in [-0.4, -0.2) is 68.2 Å². The maximum atomic E-state index is 14.2. The van der Waals surface area contributed by atoms with Gasteiger partial charge in [-0.15, -0.1) is 0 Å². The Morgan fingerprint density at radius 1 is 1.13 bits per heavy atom. The van der Waals surface area contributed by atoms with Gasteiger partial charge in [0.15, 0.2) is 12.2 Å². The fourth-order valence-corrected chi connectivity index (χ4v) is 4.04. The summed E-state index contributed by atoms with van der Waals surface area (Å²) < 4.78 is 15.9. The molecule has 3 heterocycles. The second-order valence-electron chi connectivity index (χ2n) is 7.69. The molecule has 1 fully saturated rings. The van der Waals surface area contributed by atoms with Crippen molar-refractivity contribution >= 4 is 17.9 Å². The van der Waals surface area contributed by atoms with E-state index >= 15 is 0 Å². The van der Waals surface area contributed by atoms with E-state index < -0.39 is 24.1 Å². The molecule has 8 nitrogen and oxygen atoms in total. The highest BCUT2D eigenvalue weighted by atomic mass is 19.1. The molecule has 9 heteroatoms. The van der Waals surface area contributed by atoms with Crippen molar-refractivity contribution in [1.82, 2.24) is 24.5 Å². The molecule has 0 bridgehead atoms. The van der Waals surface area contributed by atoms with Crippen LogP contribution < -0.4 is 0 Å². The molecule has 0 saturated carbocycles. The van der Waals surface area contributed by atoms with Gasteiger partial charge in [-0.25, -0.2) is 18.9 Å². The molecule has 4 rings (SSSR count). The standard InChI is InChI=1S/C21H25FN6O2/c1-6-26-17-18(23-20(26)28-14(4)12(2)13(3)24-28)25(5)21(30)27(19(17)29)11-15-9-7-8-10-16(15)22/h7-10,17-18H,6,11H2,1-5H3. The molecule has 158 valence electrons. The van der Waals surface area contributed by atoms with Crippen LogP contribution in [0.15, 0.2) is 29.3 Å². The van der Waals surface area contributed by atoms with Crippen LogP contribution in [0.1, 0.15) is 29.4 Å². The van der Waals surface area contributed by atoms with Gasteiger partial charge in [0.05, 0.1) is 12.2 Å². The molecule has 0 radical (unpaired) electrons. The molecule has 2 atom stereocenters. The summed E-state index contributed by atoms with van der Waals surface area (Å²) in [6.07, 6.45) is -0.652. The van der Waals surface area contributed by atoms with E-state index in [1.165, 1.54) is 11.0 Å². The number of likely N-dealkylation sites (N-methyl/N-ethyl adjacent to an activating group) is 2. The highest BCUT2D eigenvalue weighted by Gasteiger charge is 2.52. The molecule has 0 aliphatic carbocycles. The van der Waals surface area contributed by atoms with Crippen LogP contribution in [0.2, 0.25) is 0 Å². The summed E-state index contributed by atoms with van der Waals surface area (Å²) in [5.74, 6) is -0.288. The van der Waals surface area contributed by atoms with Crippen molar-refractivity contribution in [2.45, 2.75) is 46.4 Å². The zero-order chi connectivity index (χ0) is 21.7. The Morgan fingerprint density at radius 2 is 1.83 bits per heavy atom. The van der Waals surface area contributed by atoms with Crippen molar-refractivity contribution in [2.24, 2.45) is 4.99 Å². The average molecular weight is 412 g/mol. The molecule has 2 aromatic rings. The Kier molecular flexibility index (Phi) is 4.83. The number of carbonyl (C=O) groups is 2. The zero-order valence-electron chi connectivity index (χ0n) is 17.8. The number of hydrogen-bond acceptors (Lipinski definition) is 5. The first-order valence-electron chi connectivity index (χ1n) is 9.95. The maximum absolute atomic E-state index is 14.2. The average Bonchev–Trinajstić information content (AvgIpc) is 3.23. The fraction of sp³-hybridized carbons (Fsp3) is 0.429. The van der Waals surface area contributed by atoms with E-state index in [0.29, 0.717) is 18.1 Å². The van der Waals surface area contributed by atoms with Gasteiger partial charge in [-0.2, -0.15) is 5.10 Å². The summed E-state index contributed by atoms with van der Waals surface area (Å²) >= 11 is 0. The lowest BCUT2D eigenvalue weighted by Gasteiger charge is -2.41. The van der Waals surface area contributed by atoms with Crippen LogP contribution in [0.3, 0.4) is 0 Å². The second kappa shape index (κ2) is 7.23. The van der Waals surface area contributed by atoms with E-state index in [1.54, 1.807) is 29.9 Å². The number of carbonyl (C=O) groups excluding carboxylic acids is 2. The number of benzene rings is 1. The van der Waals surface area contributed by atoms with Crippen molar-refractivity contribution in [2.75, 3.05) is 13.6 Å². The quantitative estimate of drug-likeness (QED) is 0.775. The maximum Gasteiger partial charge on any atom is 0.328 e. The number of halogens is 1. The van der Waals surface area contributed by atoms with Gasteiger partial charge in [0.1, 0.15) is 5.82 Å². The molecule has 1 aromatic carbocycles. The lowest BCUT2D eigenvalue weighted by atomic mass is 10.1.